The van der Waals surface area contributed by atoms with Crippen molar-refractivity contribution in [3.8, 4) is 5.75 Å². The highest BCUT2D eigenvalue weighted by Gasteiger charge is 2.46. The average Bonchev–Trinajstić information content (AvgIpc) is 2.92. The van der Waals surface area contributed by atoms with Crippen molar-refractivity contribution in [2.24, 2.45) is 5.41 Å². The Balaban J connectivity index is 1.82. The minimum atomic E-state index is -0.632. The number of fused-ring (bicyclic) bond motifs is 1. The lowest BCUT2D eigenvalue weighted by Crippen LogP contribution is -2.37. The Morgan fingerprint density at radius 2 is 2.29 bits per heavy atom. The number of ether oxygens (including phenoxy) is 1. The van der Waals surface area contributed by atoms with Gasteiger partial charge in [0.25, 0.3) is 0 Å². The van der Waals surface area contributed by atoms with Crippen molar-refractivity contribution < 1.29 is 14.6 Å². The number of carbonyl (C=O) groups is 1. The Kier molecular flexibility index (Phi) is 3.89. The molecule has 0 saturated carbocycles. The largest absolute Gasteiger partial charge is 0.493 e. The van der Waals surface area contributed by atoms with Crippen molar-refractivity contribution in [2.45, 2.75) is 38.6 Å². The van der Waals surface area contributed by atoms with Crippen LogP contribution in [0.5, 0.6) is 5.75 Å². The predicted octanol–water partition coefficient (Wildman–Crippen LogP) is 3.09. The third kappa shape index (κ3) is 2.53. The number of hydrogen-bond donors (Lipinski definition) is 1. The molecular formula is C17H23NO3. The predicted molar refractivity (Wildman–Crippen MR) is 80.5 cm³/mol. The highest BCUT2D eigenvalue weighted by Crippen LogP contribution is 2.43. The summed E-state index contributed by atoms with van der Waals surface area (Å²) in [5.74, 6) is 0.323. The zero-order valence-corrected chi connectivity index (χ0v) is 12.5. The SMILES string of the molecule is CCCC1(C(=O)O)CCN(C2CCOc3ccccc32)C1. The van der Waals surface area contributed by atoms with Crippen LogP contribution in [0.25, 0.3) is 0 Å². The first-order chi connectivity index (χ1) is 10.2. The minimum Gasteiger partial charge on any atom is -0.493 e. The van der Waals surface area contributed by atoms with Crippen LogP contribution in [-0.2, 0) is 4.79 Å². The molecule has 21 heavy (non-hydrogen) atoms. The molecule has 2 unspecified atom stereocenters. The van der Waals surface area contributed by atoms with Crippen molar-refractivity contribution >= 4 is 5.97 Å². The van der Waals surface area contributed by atoms with Crippen LogP contribution in [0.2, 0.25) is 0 Å². The maximum absolute atomic E-state index is 11.7. The van der Waals surface area contributed by atoms with Crippen molar-refractivity contribution in [3.63, 3.8) is 0 Å². The number of rotatable bonds is 4. The number of likely N-dealkylation sites (tertiary alicyclic amines) is 1. The summed E-state index contributed by atoms with van der Waals surface area (Å²) in [5, 5.41) is 9.65. The summed E-state index contributed by atoms with van der Waals surface area (Å²) < 4.78 is 5.72. The summed E-state index contributed by atoms with van der Waals surface area (Å²) in [4.78, 5) is 14.1. The molecule has 114 valence electrons. The quantitative estimate of drug-likeness (QED) is 0.925. The molecule has 0 radical (unpaired) electrons. The number of carboxylic acids is 1. The molecule has 1 N–H and O–H groups in total. The number of para-hydroxylation sites is 1. The molecule has 0 aliphatic carbocycles. The number of carboxylic acid groups (broad SMARTS) is 1. The maximum Gasteiger partial charge on any atom is 0.310 e. The normalized spacial score (nSPS) is 28.9. The standard InChI is InChI=1S/C17H23NO3/c1-2-8-17(16(19)20)9-10-18(12-17)14-7-11-21-15-6-4-3-5-13(14)15/h3-6,14H,2,7-12H2,1H3,(H,19,20). The number of hydrogen-bond acceptors (Lipinski definition) is 3. The summed E-state index contributed by atoms with van der Waals surface area (Å²) in [5.41, 5.74) is 0.656. The maximum atomic E-state index is 11.7. The van der Waals surface area contributed by atoms with Gasteiger partial charge >= 0.3 is 5.97 Å². The Labute approximate surface area is 125 Å². The highest BCUT2D eigenvalue weighted by molar-refractivity contribution is 5.75. The molecule has 1 aromatic rings. The Morgan fingerprint density at radius 1 is 1.48 bits per heavy atom. The fourth-order valence-electron chi connectivity index (χ4n) is 3.84. The molecule has 4 heteroatoms. The van der Waals surface area contributed by atoms with E-state index in [1.54, 1.807) is 0 Å². The van der Waals surface area contributed by atoms with Gasteiger partial charge in [-0.25, -0.2) is 0 Å². The zero-order valence-electron chi connectivity index (χ0n) is 12.5. The smallest absolute Gasteiger partial charge is 0.310 e. The summed E-state index contributed by atoms with van der Waals surface area (Å²) in [7, 11) is 0. The first-order valence-corrected chi connectivity index (χ1v) is 7.85. The van der Waals surface area contributed by atoms with E-state index in [4.69, 9.17) is 4.74 Å². The molecule has 1 fully saturated rings. The topological polar surface area (TPSA) is 49.8 Å². The fourth-order valence-corrected chi connectivity index (χ4v) is 3.84. The van der Waals surface area contributed by atoms with Crippen LogP contribution in [0.15, 0.2) is 24.3 Å². The molecular weight excluding hydrogens is 266 g/mol. The fraction of sp³-hybridized carbons (Fsp3) is 0.588. The van der Waals surface area contributed by atoms with E-state index in [0.717, 1.165) is 38.0 Å². The number of nitrogens with zero attached hydrogens (tertiary/aromatic N) is 1. The van der Waals surface area contributed by atoms with Crippen LogP contribution in [0.1, 0.15) is 44.2 Å². The van der Waals surface area contributed by atoms with Gasteiger partial charge in [0.05, 0.1) is 12.0 Å². The van der Waals surface area contributed by atoms with E-state index >= 15 is 0 Å². The van der Waals surface area contributed by atoms with E-state index in [0.29, 0.717) is 19.2 Å². The summed E-state index contributed by atoms with van der Waals surface area (Å²) in [6, 6.07) is 8.44. The second-order valence-electron chi connectivity index (χ2n) is 6.25. The van der Waals surface area contributed by atoms with E-state index in [1.807, 2.05) is 18.2 Å². The lowest BCUT2D eigenvalue weighted by atomic mass is 9.82. The van der Waals surface area contributed by atoms with Gasteiger partial charge in [-0.1, -0.05) is 31.5 Å². The molecule has 0 bridgehead atoms. The molecule has 1 saturated heterocycles. The first-order valence-electron chi connectivity index (χ1n) is 7.85. The number of aliphatic carboxylic acids is 1. The molecule has 0 amide bonds. The van der Waals surface area contributed by atoms with Gasteiger partial charge in [-0.3, -0.25) is 9.69 Å². The van der Waals surface area contributed by atoms with Crippen LogP contribution >= 0.6 is 0 Å². The molecule has 3 rings (SSSR count). The lowest BCUT2D eigenvalue weighted by molar-refractivity contribution is -0.148. The molecule has 0 spiro atoms. The highest BCUT2D eigenvalue weighted by atomic mass is 16.5. The lowest BCUT2D eigenvalue weighted by Gasteiger charge is -2.34. The van der Waals surface area contributed by atoms with Gasteiger partial charge in [-0.2, -0.15) is 0 Å². The van der Waals surface area contributed by atoms with Gasteiger partial charge in [-0.05, 0) is 25.5 Å². The molecule has 2 atom stereocenters. The monoisotopic (exact) mass is 289 g/mol. The van der Waals surface area contributed by atoms with E-state index in [9.17, 15) is 9.90 Å². The van der Waals surface area contributed by atoms with Crippen LogP contribution < -0.4 is 4.74 Å². The van der Waals surface area contributed by atoms with Gasteiger partial charge in [0.15, 0.2) is 0 Å². The molecule has 1 aromatic carbocycles. The third-order valence-corrected chi connectivity index (χ3v) is 4.93. The van der Waals surface area contributed by atoms with E-state index in [1.165, 1.54) is 5.56 Å². The van der Waals surface area contributed by atoms with Gasteiger partial charge in [-0.15, -0.1) is 0 Å². The Morgan fingerprint density at radius 3 is 3.05 bits per heavy atom. The van der Waals surface area contributed by atoms with Crippen molar-refractivity contribution in [3.05, 3.63) is 29.8 Å². The Hall–Kier alpha value is -1.55. The average molecular weight is 289 g/mol. The van der Waals surface area contributed by atoms with E-state index < -0.39 is 11.4 Å². The van der Waals surface area contributed by atoms with Crippen molar-refractivity contribution in [2.75, 3.05) is 19.7 Å². The second-order valence-corrected chi connectivity index (χ2v) is 6.25. The van der Waals surface area contributed by atoms with Crippen LogP contribution in [0, 0.1) is 5.41 Å². The number of benzene rings is 1. The minimum absolute atomic E-state index is 0.299. The van der Waals surface area contributed by atoms with Crippen LogP contribution in [0.4, 0.5) is 0 Å². The van der Waals surface area contributed by atoms with Crippen LogP contribution in [0.3, 0.4) is 0 Å². The summed E-state index contributed by atoms with van der Waals surface area (Å²) in [6.07, 6.45) is 3.39. The summed E-state index contributed by atoms with van der Waals surface area (Å²) >= 11 is 0. The molecule has 2 aliphatic heterocycles. The van der Waals surface area contributed by atoms with Gasteiger partial charge in [0, 0.05) is 24.6 Å². The molecule has 4 nitrogen and oxygen atoms in total. The molecule has 2 aliphatic rings. The zero-order chi connectivity index (χ0) is 14.9. The summed E-state index contributed by atoms with van der Waals surface area (Å²) in [6.45, 7) is 4.31. The van der Waals surface area contributed by atoms with E-state index in [2.05, 4.69) is 17.9 Å². The third-order valence-electron chi connectivity index (χ3n) is 4.93. The van der Waals surface area contributed by atoms with Gasteiger partial charge in [0.1, 0.15) is 5.75 Å². The molecule has 0 aromatic heterocycles. The van der Waals surface area contributed by atoms with Crippen molar-refractivity contribution in [1.29, 1.82) is 0 Å². The van der Waals surface area contributed by atoms with E-state index in [-0.39, 0.29) is 0 Å². The van der Waals surface area contributed by atoms with Crippen molar-refractivity contribution in [1.82, 2.24) is 4.90 Å². The molecule has 2 heterocycles. The van der Waals surface area contributed by atoms with Gasteiger partial charge in [0.2, 0.25) is 0 Å². The van der Waals surface area contributed by atoms with Gasteiger partial charge < -0.3 is 9.84 Å². The Bertz CT molecular complexity index is 531. The first kappa shape index (κ1) is 14.4. The van der Waals surface area contributed by atoms with Crippen LogP contribution in [-0.4, -0.2) is 35.7 Å². The second kappa shape index (κ2) is 5.68.